The number of likely N-dealkylation sites (tertiary alicyclic amines) is 1. The Bertz CT molecular complexity index is 309. The van der Waals surface area contributed by atoms with Crippen LogP contribution in [0.2, 0.25) is 0 Å². The van der Waals surface area contributed by atoms with Crippen LogP contribution in [-0.4, -0.2) is 49.1 Å². The van der Waals surface area contributed by atoms with Crippen molar-refractivity contribution in [3.8, 4) is 0 Å². The molecular weight excluding hydrogens is 262 g/mol. The highest BCUT2D eigenvalue weighted by atomic mass is 16.2. The van der Waals surface area contributed by atoms with Crippen molar-refractivity contribution in [1.29, 1.82) is 0 Å². The Morgan fingerprint density at radius 3 is 2.52 bits per heavy atom. The number of nitrogens with zero attached hydrogens (tertiary/aromatic N) is 1. The first-order chi connectivity index (χ1) is 10.2. The van der Waals surface area contributed by atoms with Gasteiger partial charge in [0.1, 0.15) is 0 Å². The molecule has 2 aliphatic rings. The second kappa shape index (κ2) is 8.74. The third-order valence-electron chi connectivity index (χ3n) is 4.93. The lowest BCUT2D eigenvalue weighted by Crippen LogP contribution is -2.49. The molecule has 2 N–H and O–H groups in total. The third-order valence-corrected chi connectivity index (χ3v) is 4.93. The maximum atomic E-state index is 12.1. The smallest absolute Gasteiger partial charge is 0.237 e. The molecule has 0 spiro atoms. The summed E-state index contributed by atoms with van der Waals surface area (Å²) in [4.78, 5) is 14.5. The van der Waals surface area contributed by atoms with Gasteiger partial charge in [0.2, 0.25) is 5.91 Å². The molecule has 0 aromatic heterocycles. The molecule has 1 aliphatic carbocycles. The molecule has 1 heterocycles. The van der Waals surface area contributed by atoms with E-state index in [2.05, 4.69) is 29.4 Å². The van der Waals surface area contributed by atoms with Crippen LogP contribution in [0.25, 0.3) is 0 Å². The zero-order valence-electron chi connectivity index (χ0n) is 13.9. The molecule has 4 heteroatoms. The van der Waals surface area contributed by atoms with E-state index in [0.29, 0.717) is 0 Å². The lowest BCUT2D eigenvalue weighted by atomic mass is 9.95. The van der Waals surface area contributed by atoms with E-state index in [9.17, 15) is 4.79 Å². The Kier molecular flexibility index (Phi) is 6.97. The fraction of sp³-hybridized carbons (Fsp3) is 0.941. The predicted octanol–water partition coefficient (Wildman–Crippen LogP) is 2.15. The second-order valence-corrected chi connectivity index (χ2v) is 6.84. The largest absolute Gasteiger partial charge is 0.355 e. The second-order valence-electron chi connectivity index (χ2n) is 6.84. The topological polar surface area (TPSA) is 44.4 Å². The summed E-state index contributed by atoms with van der Waals surface area (Å²) in [7, 11) is 0. The summed E-state index contributed by atoms with van der Waals surface area (Å²) < 4.78 is 0. The summed E-state index contributed by atoms with van der Waals surface area (Å²) in [5, 5.41) is 6.72. The van der Waals surface area contributed by atoms with Crippen LogP contribution in [-0.2, 0) is 4.79 Å². The Morgan fingerprint density at radius 2 is 1.90 bits per heavy atom. The Balaban J connectivity index is 1.59. The predicted molar refractivity (Wildman–Crippen MR) is 87.3 cm³/mol. The van der Waals surface area contributed by atoms with E-state index in [0.717, 1.165) is 38.0 Å². The Hall–Kier alpha value is -0.610. The van der Waals surface area contributed by atoms with E-state index in [1.165, 1.54) is 45.1 Å². The number of piperidine rings is 1. The van der Waals surface area contributed by atoms with Gasteiger partial charge < -0.3 is 10.6 Å². The van der Waals surface area contributed by atoms with Crippen LogP contribution in [0.1, 0.15) is 58.8 Å². The first-order valence-corrected chi connectivity index (χ1v) is 8.95. The minimum atomic E-state index is 0.0315. The Morgan fingerprint density at radius 1 is 1.19 bits per heavy atom. The third kappa shape index (κ3) is 5.95. The fourth-order valence-electron chi connectivity index (χ4n) is 3.07. The standard InChI is InChI=1S/C17H33N3O/c1-3-4-5-10-18-17(21)14(2)20-11-8-15(9-12-20)13-19-16-6-7-16/h14-16,19H,3-13H2,1-2H3,(H,18,21). The lowest BCUT2D eigenvalue weighted by Gasteiger charge is -2.35. The van der Waals surface area contributed by atoms with Crippen LogP contribution >= 0.6 is 0 Å². The van der Waals surface area contributed by atoms with E-state index >= 15 is 0 Å². The summed E-state index contributed by atoms with van der Waals surface area (Å²) in [5.41, 5.74) is 0. The van der Waals surface area contributed by atoms with Gasteiger partial charge in [-0.2, -0.15) is 0 Å². The molecule has 4 nitrogen and oxygen atoms in total. The number of rotatable bonds is 9. The van der Waals surface area contributed by atoms with Gasteiger partial charge in [0.15, 0.2) is 0 Å². The first-order valence-electron chi connectivity index (χ1n) is 8.95. The number of amides is 1. The minimum absolute atomic E-state index is 0.0315. The molecular formula is C17H33N3O. The Labute approximate surface area is 130 Å². The number of hydrogen-bond donors (Lipinski definition) is 2. The quantitative estimate of drug-likeness (QED) is 0.641. The lowest BCUT2D eigenvalue weighted by molar-refractivity contribution is -0.126. The van der Waals surface area contributed by atoms with Crippen LogP contribution in [0, 0.1) is 5.92 Å². The van der Waals surface area contributed by atoms with Crippen molar-refractivity contribution in [3.63, 3.8) is 0 Å². The monoisotopic (exact) mass is 295 g/mol. The first kappa shape index (κ1) is 16.8. The highest BCUT2D eigenvalue weighted by molar-refractivity contribution is 5.81. The molecule has 1 amide bonds. The van der Waals surface area contributed by atoms with Crippen molar-refractivity contribution < 1.29 is 4.79 Å². The highest BCUT2D eigenvalue weighted by Crippen LogP contribution is 2.22. The van der Waals surface area contributed by atoms with Crippen molar-refractivity contribution in [2.24, 2.45) is 5.92 Å². The van der Waals surface area contributed by atoms with Crippen molar-refractivity contribution in [1.82, 2.24) is 15.5 Å². The number of unbranched alkanes of at least 4 members (excludes halogenated alkanes) is 2. The summed E-state index contributed by atoms with van der Waals surface area (Å²) in [6.07, 6.45) is 8.70. The maximum absolute atomic E-state index is 12.1. The zero-order valence-corrected chi connectivity index (χ0v) is 13.9. The van der Waals surface area contributed by atoms with Gasteiger partial charge in [-0.1, -0.05) is 19.8 Å². The molecule has 0 aromatic carbocycles. The van der Waals surface area contributed by atoms with E-state index in [4.69, 9.17) is 0 Å². The molecule has 0 aromatic rings. The van der Waals surface area contributed by atoms with Gasteiger partial charge in [0.05, 0.1) is 6.04 Å². The molecule has 1 saturated carbocycles. The molecule has 1 unspecified atom stereocenters. The normalized spacial score (nSPS) is 22.2. The van der Waals surface area contributed by atoms with Crippen LogP contribution in [0.15, 0.2) is 0 Å². The van der Waals surface area contributed by atoms with Gasteiger partial charge >= 0.3 is 0 Å². The van der Waals surface area contributed by atoms with Crippen LogP contribution < -0.4 is 10.6 Å². The molecule has 21 heavy (non-hydrogen) atoms. The summed E-state index contributed by atoms with van der Waals surface area (Å²) in [6.45, 7) is 8.39. The molecule has 1 saturated heterocycles. The van der Waals surface area contributed by atoms with Crippen molar-refractivity contribution in [2.45, 2.75) is 70.9 Å². The van der Waals surface area contributed by atoms with Gasteiger partial charge in [0, 0.05) is 12.6 Å². The molecule has 122 valence electrons. The molecule has 2 fully saturated rings. The van der Waals surface area contributed by atoms with E-state index < -0.39 is 0 Å². The van der Waals surface area contributed by atoms with Gasteiger partial charge in [0.25, 0.3) is 0 Å². The average molecular weight is 295 g/mol. The number of carbonyl (C=O) groups excluding carboxylic acids is 1. The highest BCUT2D eigenvalue weighted by Gasteiger charge is 2.27. The van der Waals surface area contributed by atoms with Gasteiger partial charge in [-0.05, 0) is 64.6 Å². The molecule has 0 radical (unpaired) electrons. The van der Waals surface area contributed by atoms with Gasteiger partial charge in [-0.3, -0.25) is 9.69 Å². The molecule has 0 bridgehead atoms. The van der Waals surface area contributed by atoms with Gasteiger partial charge in [-0.15, -0.1) is 0 Å². The van der Waals surface area contributed by atoms with Crippen LogP contribution in [0.3, 0.4) is 0 Å². The van der Waals surface area contributed by atoms with E-state index in [1.807, 2.05) is 0 Å². The summed E-state index contributed by atoms with van der Waals surface area (Å²) in [5.74, 6) is 1.02. The molecule has 2 rings (SSSR count). The van der Waals surface area contributed by atoms with Crippen LogP contribution in [0.4, 0.5) is 0 Å². The zero-order chi connectivity index (χ0) is 15.1. The SMILES string of the molecule is CCCCCNC(=O)C(C)N1CCC(CNC2CC2)CC1. The van der Waals surface area contributed by atoms with E-state index in [-0.39, 0.29) is 11.9 Å². The number of carbonyl (C=O) groups is 1. The van der Waals surface area contributed by atoms with Crippen LogP contribution in [0.5, 0.6) is 0 Å². The maximum Gasteiger partial charge on any atom is 0.237 e. The van der Waals surface area contributed by atoms with Crippen molar-refractivity contribution >= 4 is 5.91 Å². The molecule has 1 aliphatic heterocycles. The summed E-state index contributed by atoms with van der Waals surface area (Å²) >= 11 is 0. The number of nitrogens with one attached hydrogen (secondary N) is 2. The fourth-order valence-corrected chi connectivity index (χ4v) is 3.07. The van der Waals surface area contributed by atoms with Crippen molar-refractivity contribution in [2.75, 3.05) is 26.2 Å². The molecule has 1 atom stereocenters. The van der Waals surface area contributed by atoms with Gasteiger partial charge in [-0.25, -0.2) is 0 Å². The minimum Gasteiger partial charge on any atom is -0.355 e. The summed E-state index contributed by atoms with van der Waals surface area (Å²) in [6, 6.07) is 0.847. The van der Waals surface area contributed by atoms with E-state index in [1.54, 1.807) is 0 Å². The van der Waals surface area contributed by atoms with Crippen molar-refractivity contribution in [3.05, 3.63) is 0 Å². The average Bonchev–Trinajstić information content (AvgIpc) is 3.33. The number of hydrogen-bond acceptors (Lipinski definition) is 3.